The second kappa shape index (κ2) is 14.4. The lowest BCUT2D eigenvalue weighted by molar-refractivity contribution is -0.0180. The Balaban J connectivity index is 1.49. The molecule has 1 fully saturated rings. The first kappa shape index (κ1) is 30.3. The van der Waals surface area contributed by atoms with E-state index >= 15 is 4.39 Å². The fourth-order valence-electron chi connectivity index (χ4n) is 4.30. The minimum Gasteiger partial charge on any atom is -0.349 e. The van der Waals surface area contributed by atoms with E-state index in [1.807, 2.05) is 56.6 Å². The average Bonchev–Trinajstić information content (AvgIpc) is 3.49. The Morgan fingerprint density at radius 2 is 1.98 bits per heavy atom. The van der Waals surface area contributed by atoms with Crippen LogP contribution >= 0.6 is 30.1 Å². The number of rotatable bonds is 13. The third-order valence-corrected chi connectivity index (χ3v) is 10.7. The van der Waals surface area contributed by atoms with Gasteiger partial charge in [-0.05, 0) is 84.7 Å². The van der Waals surface area contributed by atoms with Crippen molar-refractivity contribution < 1.29 is 19.5 Å². The number of aromatic amines is 1. The Kier molecular flexibility index (Phi) is 10.6. The molecular formula is C25H35FN7O5PS2. The van der Waals surface area contributed by atoms with Gasteiger partial charge >= 0.3 is 5.69 Å². The van der Waals surface area contributed by atoms with Crippen LogP contribution in [0.3, 0.4) is 0 Å². The van der Waals surface area contributed by atoms with Gasteiger partial charge in [-0.2, -0.15) is 0 Å². The van der Waals surface area contributed by atoms with Crippen LogP contribution in [0.15, 0.2) is 56.2 Å². The molecule has 3 heterocycles. The minimum atomic E-state index is -1.78. The molecule has 1 aliphatic rings. The van der Waals surface area contributed by atoms with Crippen LogP contribution < -0.4 is 11.2 Å². The number of hydrogen-bond acceptors (Lipinski definition) is 11. The van der Waals surface area contributed by atoms with E-state index in [0.717, 1.165) is 21.1 Å². The van der Waals surface area contributed by atoms with Gasteiger partial charge in [-0.25, -0.2) is 18.5 Å². The second-order valence-electron chi connectivity index (χ2n) is 9.84. The number of H-pyrrole nitrogens is 1. The van der Waals surface area contributed by atoms with Crippen molar-refractivity contribution in [1.29, 1.82) is 0 Å². The fourth-order valence-corrected chi connectivity index (χ4v) is 8.26. The van der Waals surface area contributed by atoms with Crippen LogP contribution in [-0.4, -0.2) is 71.5 Å². The normalized spacial score (nSPS) is 22.1. The standard InChI is InChI=1S/C25H35FN7O5PS2/c1-15(2)33(16(3)4)39(38-22-17(5)37-23(21(22)26)32-13-11-20(34)27-24(32)35)36-14-12-18-9-7-8-10-19(18)40-41-25-28-29-30-31(25)6/h7-11,13,15-17,21-23H,12,14H2,1-6H3,(H,27,34,35)/i5D. The zero-order valence-corrected chi connectivity index (χ0v) is 25.9. The summed E-state index contributed by atoms with van der Waals surface area (Å²) in [6.07, 6.45) is -3.46. The molecule has 0 aliphatic carbocycles. The zero-order chi connectivity index (χ0) is 30.4. The summed E-state index contributed by atoms with van der Waals surface area (Å²) in [6, 6.07) is 9.12. The third-order valence-electron chi connectivity index (χ3n) is 6.18. The van der Waals surface area contributed by atoms with Crippen LogP contribution in [0.25, 0.3) is 0 Å². The Labute approximate surface area is 248 Å². The molecule has 1 saturated heterocycles. The first-order valence-corrected chi connectivity index (χ1v) is 16.3. The number of nitrogens with one attached hydrogen (secondary N) is 1. The van der Waals surface area contributed by atoms with Gasteiger partial charge in [0, 0.05) is 37.7 Å². The van der Waals surface area contributed by atoms with Gasteiger partial charge in [-0.15, -0.1) is 5.10 Å². The zero-order valence-electron chi connectivity index (χ0n) is 24.4. The maximum atomic E-state index is 15.9. The van der Waals surface area contributed by atoms with Crippen LogP contribution in [0.2, 0.25) is 0 Å². The Bertz CT molecular complexity index is 1420. The van der Waals surface area contributed by atoms with Crippen LogP contribution in [0.4, 0.5) is 4.39 Å². The first-order valence-electron chi connectivity index (χ1n) is 13.7. The summed E-state index contributed by atoms with van der Waals surface area (Å²) in [7, 11) is 3.01. The smallest absolute Gasteiger partial charge is 0.330 e. The Hall–Kier alpha value is -2.13. The lowest BCUT2D eigenvalue weighted by Crippen LogP contribution is -2.38. The molecule has 1 aromatic carbocycles. The van der Waals surface area contributed by atoms with Gasteiger partial charge in [0.2, 0.25) is 5.16 Å². The molecule has 3 aromatic rings. The Morgan fingerprint density at radius 3 is 2.63 bits per heavy atom. The van der Waals surface area contributed by atoms with Crippen molar-refractivity contribution in [1.82, 2.24) is 34.4 Å². The number of benzene rings is 1. The number of halogens is 1. The summed E-state index contributed by atoms with van der Waals surface area (Å²) in [5.74, 6) is 0. The van der Waals surface area contributed by atoms with Gasteiger partial charge in [-0.3, -0.25) is 14.3 Å². The number of aromatic nitrogens is 6. The highest BCUT2D eigenvalue weighted by molar-refractivity contribution is 8.76. The maximum Gasteiger partial charge on any atom is 0.330 e. The molecule has 0 bridgehead atoms. The average molecular weight is 629 g/mol. The van der Waals surface area contributed by atoms with Gasteiger partial charge in [0.15, 0.2) is 12.4 Å². The monoisotopic (exact) mass is 628 g/mol. The molecule has 0 radical (unpaired) electrons. The van der Waals surface area contributed by atoms with E-state index in [1.54, 1.807) is 22.5 Å². The van der Waals surface area contributed by atoms with E-state index in [1.165, 1.54) is 17.0 Å². The molecule has 41 heavy (non-hydrogen) atoms. The van der Waals surface area contributed by atoms with Crippen LogP contribution in [0.5, 0.6) is 0 Å². The number of alkyl halides is 1. The van der Waals surface area contributed by atoms with Gasteiger partial charge in [0.05, 0.1) is 12.7 Å². The predicted octanol–water partition coefficient (Wildman–Crippen LogP) is 4.11. The SMILES string of the molecule is [2H]CC1OC(n2ccc(=O)[nH]c2=O)C(F)C1OP(OCCc1ccccc1SSc1nnnn1C)N(C(C)C)C(C)C. The van der Waals surface area contributed by atoms with Crippen molar-refractivity contribution in [3.8, 4) is 0 Å². The van der Waals surface area contributed by atoms with Crippen LogP contribution in [0, 0.1) is 0 Å². The van der Waals surface area contributed by atoms with Crippen molar-refractivity contribution in [2.24, 2.45) is 7.05 Å². The van der Waals surface area contributed by atoms with Crippen molar-refractivity contribution in [3.05, 3.63) is 62.9 Å². The number of nitrogens with zero attached hydrogens (tertiary/aromatic N) is 6. The van der Waals surface area contributed by atoms with E-state index in [2.05, 4.69) is 20.5 Å². The second-order valence-corrected chi connectivity index (χ2v) is 13.4. The van der Waals surface area contributed by atoms with Gasteiger partial charge in [-0.1, -0.05) is 18.2 Å². The molecule has 1 N–H and O–H groups in total. The highest BCUT2D eigenvalue weighted by atomic mass is 33.1. The molecular weight excluding hydrogens is 592 g/mol. The fraction of sp³-hybridized carbons (Fsp3) is 0.560. The minimum absolute atomic E-state index is 0.0165. The summed E-state index contributed by atoms with van der Waals surface area (Å²) in [4.78, 5) is 27.0. The van der Waals surface area contributed by atoms with Crippen molar-refractivity contribution in [2.75, 3.05) is 6.61 Å². The van der Waals surface area contributed by atoms with Gasteiger partial charge < -0.3 is 13.8 Å². The molecule has 5 unspecified atom stereocenters. The molecule has 5 atom stereocenters. The topological polar surface area (TPSA) is 129 Å². The van der Waals surface area contributed by atoms with Crippen molar-refractivity contribution in [2.45, 2.75) is 87.8 Å². The predicted molar refractivity (Wildman–Crippen MR) is 156 cm³/mol. The largest absolute Gasteiger partial charge is 0.349 e. The maximum absolute atomic E-state index is 15.9. The summed E-state index contributed by atoms with van der Waals surface area (Å²) in [6.45, 7) is 8.05. The Morgan fingerprint density at radius 1 is 1.22 bits per heavy atom. The van der Waals surface area contributed by atoms with Crippen molar-refractivity contribution >= 4 is 30.1 Å². The first-order chi connectivity index (χ1) is 20.1. The molecule has 2 aromatic heterocycles. The number of aryl methyl sites for hydroxylation is 1. The molecule has 224 valence electrons. The highest BCUT2D eigenvalue weighted by Gasteiger charge is 2.47. The molecule has 0 saturated carbocycles. The van der Waals surface area contributed by atoms with E-state index in [0.29, 0.717) is 18.2 Å². The van der Waals surface area contributed by atoms with Crippen LogP contribution in [-0.2, 0) is 27.3 Å². The lowest BCUT2D eigenvalue weighted by atomic mass is 10.2. The van der Waals surface area contributed by atoms with E-state index in [9.17, 15) is 9.59 Å². The molecule has 12 nitrogen and oxygen atoms in total. The summed E-state index contributed by atoms with van der Waals surface area (Å²) >= 11 is 0. The third kappa shape index (κ3) is 7.83. The van der Waals surface area contributed by atoms with E-state index in [-0.39, 0.29) is 19.0 Å². The number of ether oxygens (including phenoxy) is 1. The molecule has 0 spiro atoms. The highest BCUT2D eigenvalue weighted by Crippen LogP contribution is 2.50. The van der Waals surface area contributed by atoms with Gasteiger partial charge in [0.25, 0.3) is 14.1 Å². The van der Waals surface area contributed by atoms with E-state index in [4.69, 9.17) is 15.2 Å². The number of hydrogen-bond donors (Lipinski definition) is 1. The molecule has 4 rings (SSSR count). The number of tetrazole rings is 1. The molecule has 0 amide bonds. The van der Waals surface area contributed by atoms with Crippen LogP contribution in [0.1, 0.15) is 47.8 Å². The van der Waals surface area contributed by atoms with Gasteiger partial charge in [0.1, 0.15) is 6.10 Å². The molecule has 16 heteroatoms. The lowest BCUT2D eigenvalue weighted by Gasteiger charge is -2.37. The quantitative estimate of drug-likeness (QED) is 0.217. The summed E-state index contributed by atoms with van der Waals surface area (Å²) in [5, 5.41) is 12.2. The summed E-state index contributed by atoms with van der Waals surface area (Å²) in [5.41, 5.74) is -0.329. The molecule has 1 aliphatic heterocycles. The van der Waals surface area contributed by atoms with Crippen molar-refractivity contribution in [3.63, 3.8) is 0 Å². The summed E-state index contributed by atoms with van der Waals surface area (Å²) < 4.78 is 46.9. The van der Waals surface area contributed by atoms with E-state index < -0.39 is 44.4 Å².